The van der Waals surface area contributed by atoms with Crippen LogP contribution in [0.1, 0.15) is 32.8 Å². The van der Waals surface area contributed by atoms with Crippen molar-refractivity contribution in [2.45, 2.75) is 39.7 Å². The number of carbonyl (C=O) groups excluding carboxylic acids is 1. The summed E-state index contributed by atoms with van der Waals surface area (Å²) >= 11 is 0. The van der Waals surface area contributed by atoms with Crippen LogP contribution in [-0.2, 0) is 16.0 Å². The average Bonchev–Trinajstić information content (AvgIpc) is 2.55. The Kier molecular flexibility index (Phi) is 10.8. The molecule has 25 heavy (non-hydrogen) atoms. The molecule has 0 radical (unpaired) electrons. The van der Waals surface area contributed by atoms with Crippen LogP contribution in [0.2, 0.25) is 0 Å². The number of nitrogens with two attached hydrogens (primary N) is 1. The van der Waals surface area contributed by atoms with Crippen LogP contribution in [-0.4, -0.2) is 50.8 Å². The summed E-state index contributed by atoms with van der Waals surface area (Å²) in [5, 5.41) is 0. The SMILES string of the molecule is COc1ccc(CCN(CC(C)(C)C)C(=O)CC(CN)OC)cc1.Cl. The van der Waals surface area contributed by atoms with Crippen LogP contribution in [0.15, 0.2) is 24.3 Å². The summed E-state index contributed by atoms with van der Waals surface area (Å²) in [6.45, 7) is 8.16. The summed E-state index contributed by atoms with van der Waals surface area (Å²) in [7, 11) is 3.25. The molecule has 1 aromatic rings. The van der Waals surface area contributed by atoms with Gasteiger partial charge in [0.05, 0.1) is 19.6 Å². The van der Waals surface area contributed by atoms with E-state index in [1.165, 1.54) is 5.56 Å². The van der Waals surface area contributed by atoms with E-state index in [-0.39, 0.29) is 29.8 Å². The van der Waals surface area contributed by atoms with Crippen molar-refractivity contribution in [1.29, 1.82) is 0 Å². The molecule has 0 aromatic heterocycles. The van der Waals surface area contributed by atoms with Crippen LogP contribution in [0.4, 0.5) is 0 Å². The molecule has 0 bridgehead atoms. The van der Waals surface area contributed by atoms with Crippen LogP contribution >= 0.6 is 12.4 Å². The fourth-order valence-electron chi connectivity index (χ4n) is 2.51. The first kappa shape index (κ1) is 23.7. The van der Waals surface area contributed by atoms with Crippen LogP contribution in [0.5, 0.6) is 5.75 Å². The Bertz CT molecular complexity index is 496. The summed E-state index contributed by atoms with van der Waals surface area (Å²) in [6.07, 6.45) is 0.915. The van der Waals surface area contributed by atoms with Gasteiger partial charge >= 0.3 is 0 Å². The molecule has 0 spiro atoms. The molecular formula is C19H33ClN2O3. The lowest BCUT2D eigenvalue weighted by atomic mass is 9.95. The summed E-state index contributed by atoms with van der Waals surface area (Å²) in [5.74, 6) is 0.933. The van der Waals surface area contributed by atoms with E-state index >= 15 is 0 Å². The van der Waals surface area contributed by atoms with Crippen molar-refractivity contribution < 1.29 is 14.3 Å². The standard InChI is InChI=1S/C19H32N2O3.ClH/c1-19(2,3)14-21(18(22)12-17(13-20)24-5)11-10-15-6-8-16(23-4)9-7-15;/h6-9,17H,10-14,20H2,1-5H3;1H. The minimum absolute atomic E-state index is 0. The number of amides is 1. The highest BCUT2D eigenvalue weighted by molar-refractivity contribution is 5.85. The van der Waals surface area contributed by atoms with Crippen molar-refractivity contribution in [3.63, 3.8) is 0 Å². The summed E-state index contributed by atoms with van der Waals surface area (Å²) in [6, 6.07) is 7.97. The first-order valence-corrected chi connectivity index (χ1v) is 8.42. The van der Waals surface area contributed by atoms with Gasteiger partial charge in [0.1, 0.15) is 5.75 Å². The monoisotopic (exact) mass is 372 g/mol. The fraction of sp³-hybridized carbons (Fsp3) is 0.632. The van der Waals surface area contributed by atoms with Crippen LogP contribution in [0, 0.1) is 5.41 Å². The second-order valence-corrected chi connectivity index (χ2v) is 7.27. The Morgan fingerprint density at radius 3 is 2.24 bits per heavy atom. The van der Waals surface area contributed by atoms with E-state index in [0.29, 0.717) is 26.1 Å². The molecule has 0 aliphatic rings. The van der Waals surface area contributed by atoms with E-state index in [1.807, 2.05) is 29.2 Å². The number of benzene rings is 1. The topological polar surface area (TPSA) is 64.8 Å². The number of nitrogens with zero attached hydrogens (tertiary/aromatic N) is 1. The third-order valence-electron chi connectivity index (χ3n) is 3.85. The number of hydrogen-bond donors (Lipinski definition) is 1. The second kappa shape index (κ2) is 11.3. The van der Waals surface area contributed by atoms with Gasteiger partial charge in [0, 0.05) is 26.7 Å². The van der Waals surface area contributed by atoms with Gasteiger partial charge in [-0.3, -0.25) is 4.79 Å². The highest BCUT2D eigenvalue weighted by Gasteiger charge is 2.23. The number of carbonyl (C=O) groups is 1. The first-order chi connectivity index (χ1) is 11.3. The number of halogens is 1. The van der Waals surface area contributed by atoms with E-state index in [0.717, 1.165) is 12.2 Å². The Labute approximate surface area is 158 Å². The maximum Gasteiger partial charge on any atom is 0.225 e. The lowest BCUT2D eigenvalue weighted by molar-refractivity contribution is -0.134. The third kappa shape index (κ3) is 9.10. The lowest BCUT2D eigenvalue weighted by Gasteiger charge is -2.31. The van der Waals surface area contributed by atoms with Crippen molar-refractivity contribution in [3.05, 3.63) is 29.8 Å². The molecule has 1 aromatic carbocycles. The molecule has 0 aliphatic carbocycles. The normalized spacial score (nSPS) is 12.2. The van der Waals surface area contributed by atoms with Crippen LogP contribution < -0.4 is 10.5 Å². The van der Waals surface area contributed by atoms with Crippen molar-refractivity contribution in [3.8, 4) is 5.75 Å². The molecular weight excluding hydrogens is 340 g/mol. The average molecular weight is 373 g/mol. The second-order valence-electron chi connectivity index (χ2n) is 7.27. The molecule has 1 unspecified atom stereocenters. The zero-order chi connectivity index (χ0) is 18.2. The molecule has 0 aliphatic heterocycles. The molecule has 1 rings (SSSR count). The number of ether oxygens (including phenoxy) is 2. The summed E-state index contributed by atoms with van der Waals surface area (Å²) < 4.78 is 10.4. The Hall–Kier alpha value is -1.30. The summed E-state index contributed by atoms with van der Waals surface area (Å²) in [4.78, 5) is 14.6. The highest BCUT2D eigenvalue weighted by atomic mass is 35.5. The smallest absolute Gasteiger partial charge is 0.225 e. The van der Waals surface area contributed by atoms with E-state index in [2.05, 4.69) is 20.8 Å². The van der Waals surface area contributed by atoms with Gasteiger partial charge in [-0.1, -0.05) is 32.9 Å². The predicted molar refractivity (Wildman–Crippen MR) is 104 cm³/mol. The molecule has 0 saturated carbocycles. The van der Waals surface area contributed by atoms with E-state index in [4.69, 9.17) is 15.2 Å². The molecule has 0 heterocycles. The number of rotatable bonds is 9. The van der Waals surface area contributed by atoms with Gasteiger partial charge in [0.2, 0.25) is 5.91 Å². The Morgan fingerprint density at radius 1 is 1.20 bits per heavy atom. The third-order valence-corrected chi connectivity index (χ3v) is 3.85. The molecule has 5 nitrogen and oxygen atoms in total. The van der Waals surface area contributed by atoms with Crippen LogP contribution in [0.3, 0.4) is 0 Å². The molecule has 2 N–H and O–H groups in total. The van der Waals surface area contributed by atoms with E-state index in [9.17, 15) is 4.79 Å². The molecule has 0 fully saturated rings. The first-order valence-electron chi connectivity index (χ1n) is 8.42. The van der Waals surface area contributed by atoms with E-state index < -0.39 is 0 Å². The van der Waals surface area contributed by atoms with Gasteiger partial charge in [-0.2, -0.15) is 0 Å². The van der Waals surface area contributed by atoms with Gasteiger partial charge in [-0.15, -0.1) is 12.4 Å². The zero-order valence-electron chi connectivity index (χ0n) is 16.1. The predicted octanol–water partition coefficient (Wildman–Crippen LogP) is 2.90. The van der Waals surface area contributed by atoms with Crippen molar-refractivity contribution in [1.82, 2.24) is 4.90 Å². The van der Waals surface area contributed by atoms with Crippen LogP contribution in [0.25, 0.3) is 0 Å². The highest BCUT2D eigenvalue weighted by Crippen LogP contribution is 2.18. The maximum atomic E-state index is 12.6. The van der Waals surface area contributed by atoms with Gasteiger partial charge in [0.25, 0.3) is 0 Å². The number of hydrogen-bond acceptors (Lipinski definition) is 4. The quantitative estimate of drug-likeness (QED) is 0.723. The lowest BCUT2D eigenvalue weighted by Crippen LogP contribution is -2.41. The van der Waals surface area contributed by atoms with Gasteiger partial charge in [-0.25, -0.2) is 0 Å². The van der Waals surface area contributed by atoms with E-state index in [1.54, 1.807) is 14.2 Å². The Morgan fingerprint density at radius 2 is 1.80 bits per heavy atom. The maximum absolute atomic E-state index is 12.6. The number of methoxy groups -OCH3 is 2. The molecule has 0 saturated heterocycles. The largest absolute Gasteiger partial charge is 0.497 e. The van der Waals surface area contributed by atoms with Crippen molar-refractivity contribution in [2.75, 3.05) is 33.9 Å². The molecule has 1 amide bonds. The molecule has 144 valence electrons. The zero-order valence-corrected chi connectivity index (χ0v) is 16.9. The van der Waals surface area contributed by atoms with Gasteiger partial charge in [-0.05, 0) is 29.5 Å². The van der Waals surface area contributed by atoms with Gasteiger partial charge in [0.15, 0.2) is 0 Å². The van der Waals surface area contributed by atoms with Gasteiger partial charge < -0.3 is 20.1 Å². The minimum atomic E-state index is -0.221. The Balaban J connectivity index is 0.00000576. The fourth-order valence-corrected chi connectivity index (χ4v) is 2.51. The van der Waals surface area contributed by atoms with Crippen molar-refractivity contribution in [2.24, 2.45) is 11.1 Å². The summed E-state index contributed by atoms with van der Waals surface area (Å²) in [5.41, 5.74) is 6.87. The van der Waals surface area contributed by atoms with Crippen molar-refractivity contribution >= 4 is 18.3 Å². The minimum Gasteiger partial charge on any atom is -0.497 e. The molecule has 1 atom stereocenters. The molecule has 6 heteroatoms.